The number of hydrogen-bond acceptors (Lipinski definition) is 3. The van der Waals surface area contributed by atoms with Crippen molar-refractivity contribution in [3.05, 3.63) is 29.3 Å². The quantitative estimate of drug-likeness (QED) is 0.832. The molecule has 0 heterocycles. The van der Waals surface area contributed by atoms with Crippen molar-refractivity contribution in [1.82, 2.24) is 5.32 Å². The summed E-state index contributed by atoms with van der Waals surface area (Å²) in [6.07, 6.45) is 3.02. The van der Waals surface area contributed by atoms with Gasteiger partial charge < -0.3 is 10.6 Å². The van der Waals surface area contributed by atoms with E-state index in [1.807, 2.05) is 32.2 Å². The van der Waals surface area contributed by atoms with Gasteiger partial charge >= 0.3 is 0 Å². The molecule has 18 heavy (non-hydrogen) atoms. The van der Waals surface area contributed by atoms with Crippen LogP contribution in [0.15, 0.2) is 18.2 Å². The summed E-state index contributed by atoms with van der Waals surface area (Å²) in [6.45, 7) is 4.06. The molecule has 0 aromatic heterocycles. The molecule has 0 fully saturated rings. The zero-order chi connectivity index (χ0) is 13.5. The van der Waals surface area contributed by atoms with Crippen molar-refractivity contribution in [3.63, 3.8) is 0 Å². The summed E-state index contributed by atoms with van der Waals surface area (Å²) in [6, 6.07) is 6.04. The fourth-order valence-electron chi connectivity index (χ4n) is 1.80. The van der Waals surface area contributed by atoms with Gasteiger partial charge in [0.15, 0.2) is 0 Å². The molecule has 0 aliphatic carbocycles. The molecule has 1 rings (SSSR count). The molecular formula is C14H22N2OS. The van der Waals surface area contributed by atoms with Crippen LogP contribution in [0, 0.1) is 6.92 Å². The molecule has 1 amide bonds. The van der Waals surface area contributed by atoms with Crippen LogP contribution in [0.1, 0.15) is 29.3 Å². The average molecular weight is 266 g/mol. The first-order valence-electron chi connectivity index (χ1n) is 6.20. The van der Waals surface area contributed by atoms with Crippen LogP contribution < -0.4 is 10.6 Å². The first-order valence-corrected chi connectivity index (χ1v) is 7.60. The van der Waals surface area contributed by atoms with E-state index in [1.165, 1.54) is 0 Å². The third-order valence-corrected chi connectivity index (χ3v) is 3.69. The zero-order valence-electron chi connectivity index (χ0n) is 11.5. The summed E-state index contributed by atoms with van der Waals surface area (Å²) in [4.78, 5) is 12.2. The van der Waals surface area contributed by atoms with E-state index in [2.05, 4.69) is 23.8 Å². The Labute approximate surface area is 114 Å². The Kier molecular flexibility index (Phi) is 6.05. The first-order chi connectivity index (χ1) is 8.62. The van der Waals surface area contributed by atoms with Crippen molar-refractivity contribution in [2.75, 3.05) is 24.4 Å². The van der Waals surface area contributed by atoms with Gasteiger partial charge in [0.25, 0.3) is 5.91 Å². The van der Waals surface area contributed by atoms with Crippen LogP contribution in [0.25, 0.3) is 0 Å². The number of carbonyl (C=O) groups excluding carboxylic acids is 1. The Morgan fingerprint density at radius 2 is 2.17 bits per heavy atom. The zero-order valence-corrected chi connectivity index (χ0v) is 12.4. The molecule has 0 saturated heterocycles. The lowest BCUT2D eigenvalue weighted by atomic mass is 10.1. The van der Waals surface area contributed by atoms with E-state index in [0.29, 0.717) is 0 Å². The van der Waals surface area contributed by atoms with Gasteiger partial charge in [-0.1, -0.05) is 6.92 Å². The second-order valence-electron chi connectivity index (χ2n) is 4.31. The number of aryl methyl sites for hydroxylation is 1. The smallest absolute Gasteiger partial charge is 0.251 e. The van der Waals surface area contributed by atoms with E-state index in [1.54, 1.807) is 11.8 Å². The maximum atomic E-state index is 12.2. The topological polar surface area (TPSA) is 41.1 Å². The lowest BCUT2D eigenvalue weighted by Crippen LogP contribution is -2.36. The normalized spacial score (nSPS) is 12.0. The summed E-state index contributed by atoms with van der Waals surface area (Å²) in [5.74, 6) is 0.978. The molecule has 1 atom stereocenters. The predicted molar refractivity (Wildman–Crippen MR) is 80.7 cm³/mol. The van der Waals surface area contributed by atoms with Gasteiger partial charge in [-0.15, -0.1) is 0 Å². The van der Waals surface area contributed by atoms with Crippen molar-refractivity contribution >= 4 is 23.4 Å². The molecule has 100 valence electrons. The van der Waals surface area contributed by atoms with Gasteiger partial charge in [-0.3, -0.25) is 4.79 Å². The number of rotatable bonds is 6. The van der Waals surface area contributed by atoms with Crippen molar-refractivity contribution < 1.29 is 4.79 Å². The number of nitrogens with one attached hydrogen (secondary N) is 2. The number of carbonyl (C=O) groups is 1. The molecule has 3 nitrogen and oxygen atoms in total. The minimum absolute atomic E-state index is 0.0241. The molecule has 4 heteroatoms. The highest BCUT2D eigenvalue weighted by Crippen LogP contribution is 2.15. The molecule has 1 aromatic carbocycles. The number of thioether (sulfide) groups is 1. The van der Waals surface area contributed by atoms with Gasteiger partial charge in [0.1, 0.15) is 0 Å². The van der Waals surface area contributed by atoms with Crippen molar-refractivity contribution in [3.8, 4) is 0 Å². The highest BCUT2D eigenvalue weighted by molar-refractivity contribution is 7.98. The van der Waals surface area contributed by atoms with Crippen LogP contribution in [0.2, 0.25) is 0 Å². The summed E-state index contributed by atoms with van der Waals surface area (Å²) >= 11 is 1.76. The van der Waals surface area contributed by atoms with Gasteiger partial charge in [-0.2, -0.15) is 11.8 Å². The molecule has 0 saturated carbocycles. The van der Waals surface area contributed by atoms with Crippen molar-refractivity contribution in [2.45, 2.75) is 26.3 Å². The molecule has 0 radical (unpaired) electrons. The summed E-state index contributed by atoms with van der Waals surface area (Å²) in [5.41, 5.74) is 2.78. The first kappa shape index (κ1) is 14.9. The lowest BCUT2D eigenvalue weighted by molar-refractivity contribution is 0.0939. The molecule has 0 spiro atoms. The Bertz CT molecular complexity index is 407. The highest BCUT2D eigenvalue weighted by Gasteiger charge is 2.13. The van der Waals surface area contributed by atoms with Crippen LogP contribution in [-0.4, -0.2) is 31.0 Å². The number of amides is 1. The molecular weight excluding hydrogens is 244 g/mol. The maximum absolute atomic E-state index is 12.2. The largest absolute Gasteiger partial charge is 0.388 e. The van der Waals surface area contributed by atoms with E-state index < -0.39 is 0 Å². The van der Waals surface area contributed by atoms with E-state index in [0.717, 1.165) is 29.0 Å². The van der Waals surface area contributed by atoms with Gasteiger partial charge in [0.2, 0.25) is 0 Å². The Balaban J connectivity index is 2.77. The van der Waals surface area contributed by atoms with Gasteiger partial charge in [-0.05, 0) is 43.4 Å². The van der Waals surface area contributed by atoms with E-state index >= 15 is 0 Å². The molecule has 1 unspecified atom stereocenters. The third kappa shape index (κ3) is 3.95. The van der Waals surface area contributed by atoms with Gasteiger partial charge in [0, 0.05) is 30.1 Å². The van der Waals surface area contributed by atoms with Crippen molar-refractivity contribution in [1.29, 1.82) is 0 Å². The number of hydrogen-bond donors (Lipinski definition) is 2. The monoisotopic (exact) mass is 266 g/mol. The van der Waals surface area contributed by atoms with Crippen molar-refractivity contribution in [2.24, 2.45) is 0 Å². The van der Waals surface area contributed by atoms with Crippen LogP contribution >= 0.6 is 11.8 Å². The molecule has 2 N–H and O–H groups in total. The summed E-state index contributed by atoms with van der Waals surface area (Å²) < 4.78 is 0. The Hall–Kier alpha value is -1.16. The highest BCUT2D eigenvalue weighted by atomic mass is 32.2. The lowest BCUT2D eigenvalue weighted by Gasteiger charge is -2.17. The van der Waals surface area contributed by atoms with Crippen LogP contribution in [0.5, 0.6) is 0 Å². The Morgan fingerprint density at radius 3 is 2.67 bits per heavy atom. The fourth-order valence-corrected chi connectivity index (χ4v) is 2.52. The van der Waals surface area contributed by atoms with E-state index in [4.69, 9.17) is 0 Å². The van der Waals surface area contributed by atoms with E-state index in [-0.39, 0.29) is 11.9 Å². The fraction of sp³-hybridized carbons (Fsp3) is 0.500. The van der Waals surface area contributed by atoms with Gasteiger partial charge in [-0.25, -0.2) is 0 Å². The molecule has 0 aliphatic heterocycles. The third-order valence-electron chi connectivity index (χ3n) is 2.96. The average Bonchev–Trinajstić information content (AvgIpc) is 2.37. The minimum atomic E-state index is 0.0241. The standard InChI is InChI=1S/C14H22N2OS/c1-5-11(9-18-4)16-14(17)13-7-6-12(15-3)8-10(13)2/h6-8,11,15H,5,9H2,1-4H3,(H,16,17). The van der Waals surface area contributed by atoms with Crippen LogP contribution in [0.4, 0.5) is 5.69 Å². The SMILES string of the molecule is CCC(CSC)NC(=O)c1ccc(NC)cc1C. The van der Waals surface area contributed by atoms with E-state index in [9.17, 15) is 4.79 Å². The molecule has 0 aliphatic rings. The number of anilines is 1. The molecule has 1 aromatic rings. The van der Waals surface area contributed by atoms with Gasteiger partial charge in [0.05, 0.1) is 0 Å². The summed E-state index contributed by atoms with van der Waals surface area (Å²) in [7, 11) is 1.88. The molecule has 0 bridgehead atoms. The van der Waals surface area contributed by atoms with Crippen LogP contribution in [-0.2, 0) is 0 Å². The number of benzene rings is 1. The maximum Gasteiger partial charge on any atom is 0.251 e. The predicted octanol–water partition coefficient (Wildman–Crippen LogP) is 2.91. The van der Waals surface area contributed by atoms with Crippen LogP contribution in [0.3, 0.4) is 0 Å². The minimum Gasteiger partial charge on any atom is -0.388 e. The Morgan fingerprint density at radius 1 is 1.44 bits per heavy atom. The summed E-state index contributed by atoms with van der Waals surface area (Å²) in [5, 5.41) is 6.15. The second kappa shape index (κ2) is 7.31. The second-order valence-corrected chi connectivity index (χ2v) is 5.22.